The van der Waals surface area contributed by atoms with Crippen molar-refractivity contribution in [2.45, 2.75) is 24.2 Å². The molecule has 0 bridgehead atoms. The summed E-state index contributed by atoms with van der Waals surface area (Å²) in [5.41, 5.74) is 4.39. The van der Waals surface area contributed by atoms with Crippen molar-refractivity contribution in [1.82, 2.24) is 14.9 Å². The van der Waals surface area contributed by atoms with E-state index in [-0.39, 0.29) is 23.3 Å². The molecule has 41 heavy (non-hydrogen) atoms. The van der Waals surface area contributed by atoms with Gasteiger partial charge in [-0.3, -0.25) is 9.59 Å². The number of carbonyl (C=O) groups excluding carboxylic acids is 2. The minimum Gasteiger partial charge on any atom is -0.493 e. The first-order valence-corrected chi connectivity index (χ1v) is 14.5. The average Bonchev–Trinajstić information content (AvgIpc) is 3.37. The van der Waals surface area contributed by atoms with E-state index in [9.17, 15) is 9.59 Å². The molecule has 12 heteroatoms. The third kappa shape index (κ3) is 8.60. The number of hydrogen-bond donors (Lipinski definition) is 2. The van der Waals surface area contributed by atoms with Gasteiger partial charge in [-0.15, -0.1) is 10.2 Å². The zero-order valence-electron chi connectivity index (χ0n) is 23.1. The standard InChI is InChI=1S/C29H30N6O4S2/c1-19-5-10-22(11-6-19)31-26(36)17-40-28-33-34-29(41-18-27(37)32-23-12-7-20(2)8-13-23)35(28)30-16-21-9-14-24(38-3)25(15-21)39-4/h5-16H,17-18H2,1-4H3,(H,31,36)(H,32,37)/b30-16+. The highest BCUT2D eigenvalue weighted by Crippen LogP contribution is 2.28. The first kappa shape index (κ1) is 29.7. The van der Waals surface area contributed by atoms with Gasteiger partial charge in [0.25, 0.3) is 0 Å². The summed E-state index contributed by atoms with van der Waals surface area (Å²) >= 11 is 2.38. The zero-order valence-corrected chi connectivity index (χ0v) is 24.7. The van der Waals surface area contributed by atoms with Crippen molar-refractivity contribution in [3.05, 3.63) is 83.4 Å². The van der Waals surface area contributed by atoms with Crippen molar-refractivity contribution >= 4 is 52.9 Å². The highest BCUT2D eigenvalue weighted by molar-refractivity contribution is 8.00. The molecule has 0 radical (unpaired) electrons. The zero-order chi connectivity index (χ0) is 29.2. The van der Waals surface area contributed by atoms with E-state index in [1.54, 1.807) is 32.6 Å². The van der Waals surface area contributed by atoms with Crippen molar-refractivity contribution in [3.63, 3.8) is 0 Å². The van der Waals surface area contributed by atoms with E-state index in [1.807, 2.05) is 68.4 Å². The molecule has 0 saturated carbocycles. The number of anilines is 2. The number of amides is 2. The van der Waals surface area contributed by atoms with Crippen molar-refractivity contribution in [2.24, 2.45) is 5.10 Å². The number of nitrogens with one attached hydrogen (secondary N) is 2. The number of rotatable bonds is 12. The van der Waals surface area contributed by atoms with Crippen LogP contribution in [0.4, 0.5) is 11.4 Å². The summed E-state index contributed by atoms with van der Waals surface area (Å²) in [4.78, 5) is 25.2. The maximum Gasteiger partial charge on any atom is 0.234 e. The van der Waals surface area contributed by atoms with E-state index in [0.29, 0.717) is 33.2 Å². The van der Waals surface area contributed by atoms with E-state index < -0.39 is 0 Å². The average molecular weight is 591 g/mol. The van der Waals surface area contributed by atoms with Crippen molar-refractivity contribution in [2.75, 3.05) is 36.4 Å². The number of benzene rings is 3. The number of thioether (sulfide) groups is 2. The highest BCUT2D eigenvalue weighted by atomic mass is 32.2. The van der Waals surface area contributed by atoms with Crippen molar-refractivity contribution < 1.29 is 19.1 Å². The van der Waals surface area contributed by atoms with Gasteiger partial charge < -0.3 is 20.1 Å². The van der Waals surface area contributed by atoms with E-state index in [0.717, 1.165) is 16.7 Å². The van der Waals surface area contributed by atoms with Gasteiger partial charge in [0.2, 0.25) is 22.1 Å². The van der Waals surface area contributed by atoms with Crippen LogP contribution in [0.2, 0.25) is 0 Å². The molecule has 0 unspecified atom stereocenters. The number of nitrogens with zero attached hydrogens (tertiary/aromatic N) is 4. The minimum atomic E-state index is -0.191. The monoisotopic (exact) mass is 590 g/mol. The Labute approximate surface area is 246 Å². The van der Waals surface area contributed by atoms with E-state index in [2.05, 4.69) is 25.9 Å². The maximum atomic E-state index is 12.6. The van der Waals surface area contributed by atoms with Gasteiger partial charge in [0.15, 0.2) is 11.5 Å². The van der Waals surface area contributed by atoms with Gasteiger partial charge in [0.05, 0.1) is 31.9 Å². The molecule has 0 aliphatic rings. The number of aryl methyl sites for hydroxylation is 2. The summed E-state index contributed by atoms with van der Waals surface area (Å²) < 4.78 is 12.2. The van der Waals surface area contributed by atoms with Gasteiger partial charge in [-0.05, 0) is 61.9 Å². The molecule has 2 amide bonds. The molecule has 0 saturated heterocycles. The second-order valence-corrected chi connectivity index (χ2v) is 10.7. The number of hydrogen-bond acceptors (Lipinski definition) is 9. The first-order chi connectivity index (χ1) is 19.8. The lowest BCUT2D eigenvalue weighted by molar-refractivity contribution is -0.114. The van der Waals surface area contributed by atoms with E-state index >= 15 is 0 Å². The van der Waals surface area contributed by atoms with Crippen LogP contribution in [0.1, 0.15) is 16.7 Å². The molecular weight excluding hydrogens is 560 g/mol. The Morgan fingerprint density at radius 3 is 1.73 bits per heavy atom. The summed E-state index contributed by atoms with van der Waals surface area (Å²) in [6.07, 6.45) is 1.62. The summed E-state index contributed by atoms with van der Waals surface area (Å²) in [5.74, 6) is 0.964. The molecule has 0 atom stereocenters. The molecular formula is C29H30N6O4S2. The minimum absolute atomic E-state index is 0.0937. The van der Waals surface area contributed by atoms with Crippen molar-refractivity contribution in [3.8, 4) is 11.5 Å². The Bertz CT molecular complexity index is 1440. The van der Waals surface area contributed by atoms with E-state index in [1.165, 1.54) is 28.2 Å². The highest BCUT2D eigenvalue weighted by Gasteiger charge is 2.16. The fraction of sp³-hybridized carbons (Fsp3) is 0.207. The molecule has 4 rings (SSSR count). The van der Waals surface area contributed by atoms with Crippen LogP contribution in [0, 0.1) is 13.8 Å². The first-order valence-electron chi connectivity index (χ1n) is 12.5. The summed E-state index contributed by atoms with van der Waals surface area (Å²) in [5, 5.41) is 19.6. The van der Waals surface area contributed by atoms with Crippen LogP contribution in [-0.2, 0) is 9.59 Å². The fourth-order valence-electron chi connectivity index (χ4n) is 3.52. The SMILES string of the molecule is COc1ccc(/C=N/n2c(SCC(=O)Nc3ccc(C)cc3)nnc2SCC(=O)Nc2ccc(C)cc2)cc1OC. The summed E-state index contributed by atoms with van der Waals surface area (Å²) in [7, 11) is 3.13. The van der Waals surface area contributed by atoms with E-state index in [4.69, 9.17) is 9.47 Å². The molecule has 2 N–H and O–H groups in total. The molecule has 3 aromatic carbocycles. The van der Waals surface area contributed by atoms with Gasteiger partial charge in [0.1, 0.15) is 0 Å². The predicted molar refractivity (Wildman–Crippen MR) is 164 cm³/mol. The molecule has 0 fully saturated rings. The van der Waals surface area contributed by atoms with Crippen LogP contribution in [0.15, 0.2) is 82.1 Å². The topological polar surface area (TPSA) is 120 Å². The van der Waals surface area contributed by atoms with Gasteiger partial charge in [0, 0.05) is 11.4 Å². The Hall–Kier alpha value is -4.29. The molecule has 0 aliphatic heterocycles. The van der Waals surface area contributed by atoms with Gasteiger partial charge in [-0.1, -0.05) is 58.9 Å². The Morgan fingerprint density at radius 2 is 1.27 bits per heavy atom. The maximum absolute atomic E-state index is 12.6. The second-order valence-electron chi connectivity index (χ2n) is 8.84. The van der Waals surface area contributed by atoms with Crippen LogP contribution in [0.5, 0.6) is 11.5 Å². The van der Waals surface area contributed by atoms with Crippen LogP contribution in [-0.4, -0.2) is 58.6 Å². The van der Waals surface area contributed by atoms with Crippen molar-refractivity contribution in [1.29, 1.82) is 0 Å². The number of aromatic nitrogens is 3. The largest absolute Gasteiger partial charge is 0.493 e. The second kappa shape index (κ2) is 14.4. The van der Waals surface area contributed by atoms with Crippen LogP contribution >= 0.6 is 23.5 Å². The molecule has 0 aliphatic carbocycles. The smallest absolute Gasteiger partial charge is 0.234 e. The lowest BCUT2D eigenvalue weighted by atomic mass is 10.2. The third-order valence-electron chi connectivity index (χ3n) is 5.65. The lowest BCUT2D eigenvalue weighted by Gasteiger charge is -2.08. The molecule has 10 nitrogen and oxygen atoms in total. The normalized spacial score (nSPS) is 10.9. The van der Waals surface area contributed by atoms with Crippen LogP contribution in [0.25, 0.3) is 0 Å². The van der Waals surface area contributed by atoms with Crippen LogP contribution < -0.4 is 20.1 Å². The Kier molecular flexibility index (Phi) is 10.4. The van der Waals surface area contributed by atoms with Gasteiger partial charge in [-0.25, -0.2) is 0 Å². The Balaban J connectivity index is 1.49. The molecule has 0 spiro atoms. The third-order valence-corrected chi connectivity index (χ3v) is 7.49. The van der Waals surface area contributed by atoms with Gasteiger partial charge >= 0.3 is 0 Å². The Morgan fingerprint density at radius 1 is 0.780 bits per heavy atom. The predicted octanol–water partition coefficient (Wildman–Crippen LogP) is 5.26. The molecule has 212 valence electrons. The number of methoxy groups -OCH3 is 2. The summed E-state index contributed by atoms with van der Waals surface area (Å²) in [6, 6.07) is 20.5. The number of carbonyl (C=O) groups is 2. The summed E-state index contributed by atoms with van der Waals surface area (Å²) in [6.45, 7) is 3.97. The van der Waals surface area contributed by atoms with Crippen LogP contribution in [0.3, 0.4) is 0 Å². The fourth-order valence-corrected chi connectivity index (χ4v) is 4.95. The lowest BCUT2D eigenvalue weighted by Crippen LogP contribution is -2.15. The number of ether oxygens (including phenoxy) is 2. The quantitative estimate of drug-likeness (QED) is 0.170. The molecule has 1 heterocycles. The van der Waals surface area contributed by atoms with Gasteiger partial charge in [-0.2, -0.15) is 9.78 Å². The molecule has 1 aromatic heterocycles. The molecule has 4 aromatic rings.